The third kappa shape index (κ3) is 8.07. The molecule has 390 valence electrons. The molecule has 25 unspecified atom stereocenters. The van der Waals surface area contributed by atoms with E-state index in [1.165, 1.54) is 5.57 Å². The van der Waals surface area contributed by atoms with E-state index in [-0.39, 0.29) is 35.0 Å². The second kappa shape index (κ2) is 18.8. The van der Waals surface area contributed by atoms with E-state index >= 15 is 0 Å². The summed E-state index contributed by atoms with van der Waals surface area (Å²) < 4.78 is 35.7. The van der Waals surface area contributed by atoms with Crippen LogP contribution in [0.25, 0.3) is 0 Å². The molecule has 8 rings (SSSR count). The summed E-state index contributed by atoms with van der Waals surface area (Å²) in [6.07, 6.45) is -19.6. The lowest BCUT2D eigenvalue weighted by Crippen LogP contribution is -2.70. The van der Waals surface area contributed by atoms with E-state index in [9.17, 15) is 71.2 Å². The Balaban J connectivity index is 1.08. The van der Waals surface area contributed by atoms with E-state index in [4.69, 9.17) is 28.4 Å². The van der Waals surface area contributed by atoms with Crippen LogP contribution in [-0.2, 0) is 33.2 Å². The van der Waals surface area contributed by atoms with Gasteiger partial charge in [0.05, 0.1) is 44.1 Å². The number of esters is 1. The summed E-state index contributed by atoms with van der Waals surface area (Å²) >= 11 is 0. The molecule has 5 aliphatic carbocycles. The van der Waals surface area contributed by atoms with Crippen molar-refractivity contribution in [2.45, 2.75) is 204 Å². The van der Waals surface area contributed by atoms with Gasteiger partial charge in [0.15, 0.2) is 12.6 Å². The van der Waals surface area contributed by atoms with Gasteiger partial charge in [-0.25, -0.2) is 0 Å². The summed E-state index contributed by atoms with van der Waals surface area (Å²) in [5.74, 6) is -1.08. The number of aliphatic hydroxyl groups excluding tert-OH is 13. The first-order valence-corrected chi connectivity index (χ1v) is 24.6. The molecule has 8 aliphatic rings. The average molecular weight is 975 g/mol. The monoisotopic (exact) mass is 975 g/mol. The molecule has 20 heteroatoms. The number of hydrogen-bond acceptors (Lipinski definition) is 20. The molecule has 25 atom stereocenters. The van der Waals surface area contributed by atoms with Gasteiger partial charge in [0, 0.05) is 5.41 Å². The molecule has 7 fully saturated rings. The number of hydrogen-bond donors (Lipinski definition) is 13. The van der Waals surface area contributed by atoms with Crippen LogP contribution in [0.15, 0.2) is 11.6 Å². The third-order valence-corrected chi connectivity index (χ3v) is 19.4. The van der Waals surface area contributed by atoms with Gasteiger partial charge < -0.3 is 94.8 Å². The van der Waals surface area contributed by atoms with Crippen LogP contribution in [0.3, 0.4) is 0 Å². The van der Waals surface area contributed by atoms with E-state index in [1.54, 1.807) is 0 Å². The molecule has 0 radical (unpaired) electrons. The van der Waals surface area contributed by atoms with Crippen molar-refractivity contribution >= 4 is 5.97 Å². The van der Waals surface area contributed by atoms with E-state index in [1.807, 2.05) is 6.92 Å². The first-order valence-electron chi connectivity index (χ1n) is 24.6. The Hall–Kier alpha value is -1.51. The van der Waals surface area contributed by atoms with Crippen LogP contribution in [0.4, 0.5) is 0 Å². The van der Waals surface area contributed by atoms with Crippen LogP contribution in [0.2, 0.25) is 0 Å². The third-order valence-electron chi connectivity index (χ3n) is 19.4. The van der Waals surface area contributed by atoms with Crippen molar-refractivity contribution in [3.63, 3.8) is 0 Å². The maximum Gasteiger partial charge on any atom is 0.315 e. The molecule has 0 amide bonds. The average Bonchev–Trinajstić information content (AvgIpc) is 3.29. The van der Waals surface area contributed by atoms with Crippen molar-refractivity contribution in [2.24, 2.45) is 50.2 Å². The zero-order chi connectivity index (χ0) is 49.8. The highest BCUT2D eigenvalue weighted by Gasteiger charge is 2.71. The largest absolute Gasteiger partial charge is 0.432 e. The van der Waals surface area contributed by atoms with Crippen LogP contribution < -0.4 is 0 Å². The molecule has 3 saturated heterocycles. The summed E-state index contributed by atoms with van der Waals surface area (Å²) in [6, 6.07) is 0. The highest BCUT2D eigenvalue weighted by Crippen LogP contribution is 2.76. The molecular weight excluding hydrogens is 897 g/mol. The summed E-state index contributed by atoms with van der Waals surface area (Å²) in [7, 11) is 0. The summed E-state index contributed by atoms with van der Waals surface area (Å²) in [5.41, 5.74) is -2.49. The molecule has 4 saturated carbocycles. The predicted octanol–water partition coefficient (Wildman–Crippen LogP) is -1.92. The zero-order valence-electron chi connectivity index (χ0n) is 40.0. The number of ether oxygens (including phenoxy) is 6. The summed E-state index contributed by atoms with van der Waals surface area (Å²) in [4.78, 5) is 14.7. The minimum absolute atomic E-state index is 0.0296. The predicted molar refractivity (Wildman–Crippen MR) is 233 cm³/mol. The molecule has 3 aliphatic heterocycles. The highest BCUT2D eigenvalue weighted by molar-refractivity contribution is 5.79. The zero-order valence-corrected chi connectivity index (χ0v) is 40.0. The maximum absolute atomic E-state index is 14.7. The van der Waals surface area contributed by atoms with Gasteiger partial charge in [0.25, 0.3) is 0 Å². The van der Waals surface area contributed by atoms with Crippen LogP contribution in [0.1, 0.15) is 99.3 Å². The van der Waals surface area contributed by atoms with Crippen molar-refractivity contribution in [2.75, 3.05) is 26.4 Å². The van der Waals surface area contributed by atoms with E-state index in [2.05, 4.69) is 40.7 Å². The van der Waals surface area contributed by atoms with E-state index in [0.717, 1.165) is 6.42 Å². The standard InChI is InChI=1S/C48H78O20/c1-43(2)11-13-48(42(62)68-40-36(61)33(58)30(55)25(18-50)64-40)14-12-46(5)21(22(48)15-43)7-8-28-44(3)16-23(53)38(45(4,20-52)27(44)9-10-47(28,46)6)67-41-37(34(59)31(56)26(19-51)65-41)66-39-35(60)32(57)29(54)24(17-49)63-39/h7,22-41,49-61H,8-20H2,1-6H3. The molecule has 20 nitrogen and oxygen atoms in total. The minimum atomic E-state index is -1.88. The van der Waals surface area contributed by atoms with Gasteiger partial charge >= 0.3 is 5.97 Å². The normalized spacial score (nSPS) is 54.6. The van der Waals surface area contributed by atoms with Gasteiger partial charge in [-0.2, -0.15) is 0 Å². The Morgan fingerprint density at radius 1 is 0.618 bits per heavy atom. The molecule has 68 heavy (non-hydrogen) atoms. The maximum atomic E-state index is 14.7. The number of fused-ring (bicyclic) bond motifs is 7. The lowest BCUT2D eigenvalue weighted by atomic mass is 9.33. The Kier molecular flexibility index (Phi) is 14.6. The number of allylic oxidation sites excluding steroid dienone is 2. The molecular formula is C48H78O20. The van der Waals surface area contributed by atoms with E-state index < -0.39 is 158 Å². The van der Waals surface area contributed by atoms with E-state index in [0.29, 0.717) is 44.9 Å². The Labute approximate surface area is 396 Å². The summed E-state index contributed by atoms with van der Waals surface area (Å²) in [6.45, 7) is 10.4. The molecule has 0 bridgehead atoms. The quantitative estimate of drug-likeness (QED) is 0.0645. The number of aliphatic hydroxyl groups is 13. The Morgan fingerprint density at radius 3 is 1.75 bits per heavy atom. The first-order chi connectivity index (χ1) is 31.8. The molecule has 0 spiro atoms. The van der Waals surface area contributed by atoms with Gasteiger partial charge in [0.1, 0.15) is 73.2 Å². The minimum Gasteiger partial charge on any atom is -0.432 e. The summed E-state index contributed by atoms with van der Waals surface area (Å²) in [5, 5.41) is 139. The first kappa shape index (κ1) is 52.8. The van der Waals surface area contributed by atoms with Crippen molar-refractivity contribution in [3.8, 4) is 0 Å². The smallest absolute Gasteiger partial charge is 0.315 e. The fourth-order valence-electron chi connectivity index (χ4n) is 15.2. The van der Waals surface area contributed by atoms with Gasteiger partial charge in [-0.05, 0) is 97.2 Å². The molecule has 3 heterocycles. The van der Waals surface area contributed by atoms with Gasteiger partial charge in [0.2, 0.25) is 6.29 Å². The van der Waals surface area contributed by atoms with Crippen LogP contribution in [0.5, 0.6) is 0 Å². The molecule has 0 aromatic rings. The molecule has 13 N–H and O–H groups in total. The SMILES string of the molecule is CC1(C)CCC2(C(=O)OC3OC(CO)C(O)C(O)C3O)CCC3(C)C(=CCC4C5(C)CC(O)C(OC6OC(CO)C(O)C(O)C6OC6OC(CO)C(O)C(O)C6O)C(C)(CO)C5CCC43C)C2C1. The van der Waals surface area contributed by atoms with Crippen molar-refractivity contribution < 1.29 is 99.6 Å². The fraction of sp³-hybridized carbons (Fsp3) is 0.938. The highest BCUT2D eigenvalue weighted by atomic mass is 16.8. The lowest BCUT2D eigenvalue weighted by Gasteiger charge is -2.72. The van der Waals surface area contributed by atoms with Crippen LogP contribution in [-0.4, -0.2) is 203 Å². The number of carbonyl (C=O) groups excluding carboxylic acids is 1. The lowest BCUT2D eigenvalue weighted by molar-refractivity contribution is -0.384. The molecule has 0 aromatic carbocycles. The number of rotatable bonds is 10. The number of carbonyl (C=O) groups is 1. The van der Waals surface area contributed by atoms with Crippen molar-refractivity contribution in [1.29, 1.82) is 0 Å². The van der Waals surface area contributed by atoms with Gasteiger partial charge in [-0.3, -0.25) is 4.79 Å². The second-order valence-electron chi connectivity index (χ2n) is 23.5. The van der Waals surface area contributed by atoms with Gasteiger partial charge in [-0.1, -0.05) is 53.2 Å². The fourth-order valence-corrected chi connectivity index (χ4v) is 15.2. The van der Waals surface area contributed by atoms with Gasteiger partial charge in [-0.15, -0.1) is 0 Å². The Bertz CT molecular complexity index is 1850. The van der Waals surface area contributed by atoms with Crippen LogP contribution >= 0.6 is 0 Å². The van der Waals surface area contributed by atoms with Crippen molar-refractivity contribution in [3.05, 3.63) is 11.6 Å². The van der Waals surface area contributed by atoms with Crippen LogP contribution in [0, 0.1) is 50.2 Å². The second-order valence-corrected chi connectivity index (χ2v) is 23.5. The van der Waals surface area contributed by atoms with Crippen molar-refractivity contribution in [1.82, 2.24) is 0 Å². The topological polar surface area (TPSA) is 335 Å². The molecule has 0 aromatic heterocycles. The Morgan fingerprint density at radius 2 is 1.16 bits per heavy atom.